The molecular weight excluding hydrogens is 342 g/mol. The Labute approximate surface area is 160 Å². The summed E-state index contributed by atoms with van der Waals surface area (Å²) < 4.78 is 0. The Balaban J connectivity index is 1.44. The summed E-state index contributed by atoms with van der Waals surface area (Å²) >= 11 is 0. The van der Waals surface area contributed by atoms with E-state index in [2.05, 4.69) is 24.3 Å². The van der Waals surface area contributed by atoms with Crippen LogP contribution >= 0.6 is 0 Å². The Morgan fingerprint density at radius 2 is 1.81 bits per heavy atom. The first-order valence-corrected chi connectivity index (χ1v) is 10.0. The van der Waals surface area contributed by atoms with E-state index >= 15 is 0 Å². The molecule has 2 saturated heterocycles. The summed E-state index contributed by atoms with van der Waals surface area (Å²) in [6, 6.07) is 10.0. The number of hydrogen-bond acceptors (Lipinski definition) is 4. The Morgan fingerprint density at radius 1 is 1.15 bits per heavy atom. The second-order valence-electron chi connectivity index (χ2n) is 8.66. The molecule has 1 aliphatic carbocycles. The van der Waals surface area contributed by atoms with E-state index in [4.69, 9.17) is 0 Å². The number of piperidine rings is 2. The smallest absolute Gasteiger partial charge is 0.248 e. The Bertz CT molecular complexity index is 696. The summed E-state index contributed by atoms with van der Waals surface area (Å²) in [4.78, 5) is 29.6. The van der Waals surface area contributed by atoms with Crippen molar-refractivity contribution in [2.45, 2.75) is 44.1 Å². The number of amides is 2. The van der Waals surface area contributed by atoms with E-state index in [0.717, 1.165) is 45.3 Å². The minimum atomic E-state index is -0.476. The maximum absolute atomic E-state index is 13.3. The van der Waals surface area contributed by atoms with Gasteiger partial charge in [-0.15, -0.1) is 0 Å². The fourth-order valence-corrected chi connectivity index (χ4v) is 5.14. The van der Waals surface area contributed by atoms with Crippen molar-refractivity contribution in [3.8, 4) is 0 Å². The molecule has 1 spiro atoms. The average molecular weight is 371 g/mol. The fraction of sp³-hybridized carbons (Fsp3) is 0.619. The van der Waals surface area contributed by atoms with Crippen LogP contribution in [0.4, 0.5) is 0 Å². The molecule has 146 valence electrons. The second-order valence-corrected chi connectivity index (χ2v) is 8.66. The Kier molecular flexibility index (Phi) is 4.95. The van der Waals surface area contributed by atoms with Crippen molar-refractivity contribution in [2.75, 3.05) is 26.7 Å². The van der Waals surface area contributed by atoms with Crippen molar-refractivity contribution in [2.24, 2.45) is 11.3 Å². The number of hydrogen-bond donors (Lipinski definition) is 2. The van der Waals surface area contributed by atoms with Gasteiger partial charge in [-0.3, -0.25) is 19.7 Å². The van der Waals surface area contributed by atoms with Crippen LogP contribution in [0.15, 0.2) is 30.3 Å². The van der Waals surface area contributed by atoms with Crippen LogP contribution in [-0.4, -0.2) is 59.5 Å². The van der Waals surface area contributed by atoms with Crippen LogP contribution in [0.25, 0.3) is 0 Å². The zero-order valence-corrected chi connectivity index (χ0v) is 15.9. The molecule has 1 saturated carbocycles. The van der Waals surface area contributed by atoms with Gasteiger partial charge >= 0.3 is 0 Å². The van der Waals surface area contributed by atoms with E-state index < -0.39 is 17.9 Å². The summed E-state index contributed by atoms with van der Waals surface area (Å²) in [5.74, 6) is -0.375. The molecule has 1 aromatic rings. The number of carbonyl (C=O) groups is 2. The van der Waals surface area contributed by atoms with Crippen LogP contribution in [0, 0.1) is 11.3 Å². The molecule has 2 N–H and O–H groups in total. The Morgan fingerprint density at radius 3 is 2.41 bits per heavy atom. The first kappa shape index (κ1) is 18.4. The molecule has 2 heterocycles. The highest BCUT2D eigenvalue weighted by molar-refractivity contribution is 5.90. The monoisotopic (exact) mass is 371 g/mol. The minimum absolute atomic E-state index is 0.0353. The average Bonchev–Trinajstić information content (AvgIpc) is 3.45. The zero-order chi connectivity index (χ0) is 19.0. The van der Waals surface area contributed by atoms with Crippen LogP contribution in [0.1, 0.15) is 43.6 Å². The lowest BCUT2D eigenvalue weighted by atomic mass is 9.79. The molecule has 2 aliphatic heterocycles. The van der Waals surface area contributed by atoms with Crippen molar-refractivity contribution in [3.63, 3.8) is 0 Å². The molecule has 2 atom stereocenters. The zero-order valence-electron chi connectivity index (χ0n) is 15.9. The number of likely N-dealkylation sites (tertiary alicyclic amines) is 2. The van der Waals surface area contributed by atoms with Gasteiger partial charge in [0.2, 0.25) is 11.8 Å². The predicted octanol–water partition coefficient (Wildman–Crippen LogP) is 2.00. The van der Waals surface area contributed by atoms with Crippen molar-refractivity contribution in [1.82, 2.24) is 15.3 Å². The normalized spacial score (nSPS) is 28.1. The van der Waals surface area contributed by atoms with Gasteiger partial charge in [0.1, 0.15) is 6.04 Å². The molecule has 0 radical (unpaired) electrons. The molecule has 0 bridgehead atoms. The van der Waals surface area contributed by atoms with Crippen molar-refractivity contribution < 1.29 is 14.8 Å². The summed E-state index contributed by atoms with van der Waals surface area (Å²) in [5.41, 5.74) is 3.31. The van der Waals surface area contributed by atoms with Gasteiger partial charge in [-0.05, 0) is 56.0 Å². The van der Waals surface area contributed by atoms with Crippen molar-refractivity contribution in [1.29, 1.82) is 0 Å². The number of carbonyl (C=O) groups excluding carboxylic acids is 2. The van der Waals surface area contributed by atoms with Gasteiger partial charge in [0.25, 0.3) is 0 Å². The van der Waals surface area contributed by atoms with Crippen LogP contribution in [0.5, 0.6) is 0 Å². The van der Waals surface area contributed by atoms with Crippen LogP contribution < -0.4 is 5.48 Å². The molecule has 6 heteroatoms. The summed E-state index contributed by atoms with van der Waals surface area (Å²) in [5, 5.41) is 9.19. The number of nitrogens with one attached hydrogen (secondary N) is 1. The Hall–Kier alpha value is -1.92. The molecular formula is C21H29N3O3. The molecule has 0 aromatic heterocycles. The summed E-state index contributed by atoms with van der Waals surface area (Å²) in [6.07, 6.45) is 4.81. The molecule has 1 aromatic carbocycles. The third-order valence-electron chi connectivity index (χ3n) is 6.83. The molecule has 2 amide bonds. The molecule has 27 heavy (non-hydrogen) atoms. The van der Waals surface area contributed by atoms with E-state index in [1.165, 1.54) is 5.56 Å². The van der Waals surface area contributed by atoms with E-state index in [1.54, 1.807) is 5.48 Å². The van der Waals surface area contributed by atoms with E-state index in [9.17, 15) is 14.8 Å². The number of benzene rings is 1. The lowest BCUT2D eigenvalue weighted by Crippen LogP contribution is -2.59. The van der Waals surface area contributed by atoms with Crippen LogP contribution in [0.3, 0.4) is 0 Å². The highest BCUT2D eigenvalue weighted by Crippen LogP contribution is 2.54. The predicted molar refractivity (Wildman–Crippen MR) is 101 cm³/mol. The third-order valence-corrected chi connectivity index (χ3v) is 6.83. The fourth-order valence-electron chi connectivity index (χ4n) is 5.14. The van der Waals surface area contributed by atoms with Crippen molar-refractivity contribution >= 4 is 11.8 Å². The molecule has 3 aliphatic rings. The van der Waals surface area contributed by atoms with E-state index in [0.29, 0.717) is 12.3 Å². The minimum Gasteiger partial charge on any atom is -0.341 e. The molecule has 2 unspecified atom stereocenters. The summed E-state index contributed by atoms with van der Waals surface area (Å²) in [6.45, 7) is 2.31. The van der Waals surface area contributed by atoms with Crippen LogP contribution in [-0.2, 0) is 9.59 Å². The van der Waals surface area contributed by atoms with Gasteiger partial charge in [-0.2, -0.15) is 0 Å². The summed E-state index contributed by atoms with van der Waals surface area (Å²) in [7, 11) is 1.94. The first-order valence-electron chi connectivity index (χ1n) is 10.0. The van der Waals surface area contributed by atoms with Gasteiger partial charge in [0.05, 0.1) is 5.92 Å². The van der Waals surface area contributed by atoms with E-state index in [-0.39, 0.29) is 11.3 Å². The van der Waals surface area contributed by atoms with Gasteiger partial charge in [-0.1, -0.05) is 30.3 Å². The highest BCUT2D eigenvalue weighted by Gasteiger charge is 2.55. The van der Waals surface area contributed by atoms with Crippen molar-refractivity contribution in [3.05, 3.63) is 35.9 Å². The standard InChI is InChI=1S/C21H29N3O3/c1-23-14-21(9-10-21)13-17(19(25)22-27)18(23)20(26)24-11-7-16(8-12-24)15-5-3-2-4-6-15/h2-6,16-18,27H,7-14H2,1H3,(H,22,25). The molecule has 4 rings (SSSR count). The maximum Gasteiger partial charge on any atom is 0.248 e. The number of rotatable bonds is 3. The third kappa shape index (κ3) is 3.60. The van der Waals surface area contributed by atoms with Gasteiger partial charge in [0, 0.05) is 19.6 Å². The van der Waals surface area contributed by atoms with Crippen LogP contribution in [0.2, 0.25) is 0 Å². The topological polar surface area (TPSA) is 72.9 Å². The number of hydroxylamine groups is 1. The van der Waals surface area contributed by atoms with Gasteiger partial charge < -0.3 is 4.90 Å². The molecule has 6 nitrogen and oxygen atoms in total. The quantitative estimate of drug-likeness (QED) is 0.630. The SMILES string of the molecule is CN1CC2(CC2)CC(C(=O)NO)C1C(=O)N1CCC(c2ccccc2)CC1. The lowest BCUT2D eigenvalue weighted by Gasteiger charge is -2.44. The lowest BCUT2D eigenvalue weighted by molar-refractivity contribution is -0.151. The van der Waals surface area contributed by atoms with Gasteiger partial charge in [-0.25, -0.2) is 5.48 Å². The maximum atomic E-state index is 13.3. The number of likely N-dealkylation sites (N-methyl/N-ethyl adjacent to an activating group) is 1. The first-order chi connectivity index (χ1) is 13.0. The number of nitrogens with zero attached hydrogens (tertiary/aromatic N) is 2. The van der Waals surface area contributed by atoms with Gasteiger partial charge in [0.15, 0.2) is 0 Å². The van der Waals surface area contributed by atoms with E-state index in [1.807, 2.05) is 22.9 Å². The second kappa shape index (κ2) is 7.24. The largest absolute Gasteiger partial charge is 0.341 e. The highest BCUT2D eigenvalue weighted by atomic mass is 16.5. The molecule has 3 fully saturated rings.